The molecule has 0 aromatic heterocycles. The van der Waals surface area contributed by atoms with Gasteiger partial charge in [-0.1, -0.05) is 6.92 Å². The minimum Gasteiger partial charge on any atom is -0.505 e. The minimum absolute atomic E-state index is 0.000512. The highest BCUT2D eigenvalue weighted by Crippen LogP contribution is 2.52. The van der Waals surface area contributed by atoms with Gasteiger partial charge in [0.1, 0.15) is 5.75 Å². The molecule has 3 aliphatic rings. The van der Waals surface area contributed by atoms with Gasteiger partial charge in [0.25, 0.3) is 0 Å². The van der Waals surface area contributed by atoms with Gasteiger partial charge >= 0.3 is 0 Å². The Morgan fingerprint density at radius 1 is 1.15 bits per heavy atom. The molecule has 2 fully saturated rings. The first-order valence-electron chi connectivity index (χ1n) is 13.4. The van der Waals surface area contributed by atoms with E-state index in [1.165, 1.54) is 4.90 Å². The number of primary amides is 1. The zero-order chi connectivity index (χ0) is 29.3. The van der Waals surface area contributed by atoms with Crippen LogP contribution in [0.3, 0.4) is 0 Å². The molecule has 3 aliphatic carbocycles. The molecular weight excluding hydrogens is 504 g/mol. The number of fused-ring (bicyclic) bond motifs is 3. The molecule has 11 heteroatoms. The number of hydrogen-bond acceptors (Lipinski definition) is 10. The molecule has 2 saturated carbocycles. The van der Waals surface area contributed by atoms with E-state index >= 15 is 0 Å². The van der Waals surface area contributed by atoms with Gasteiger partial charge in [-0.3, -0.25) is 28.9 Å². The maximum atomic E-state index is 14.0. The summed E-state index contributed by atoms with van der Waals surface area (Å²) in [5, 5.41) is 22.6. The van der Waals surface area contributed by atoms with Gasteiger partial charge in [-0.05, 0) is 71.7 Å². The van der Waals surface area contributed by atoms with Crippen LogP contribution >= 0.6 is 0 Å². The van der Waals surface area contributed by atoms with Crippen molar-refractivity contribution in [2.75, 3.05) is 24.7 Å². The van der Waals surface area contributed by atoms with Gasteiger partial charge < -0.3 is 26.6 Å². The van der Waals surface area contributed by atoms with E-state index in [0.717, 1.165) is 6.42 Å². The van der Waals surface area contributed by atoms with Crippen LogP contribution in [0.2, 0.25) is 0 Å². The number of aliphatic hydroxyl groups is 1. The largest absolute Gasteiger partial charge is 0.505 e. The number of hydrogen-bond donors (Lipinski definition) is 4. The Labute approximate surface area is 227 Å². The van der Waals surface area contributed by atoms with Crippen LogP contribution in [0.1, 0.15) is 56.5 Å². The molecule has 1 aromatic carbocycles. The van der Waals surface area contributed by atoms with Crippen molar-refractivity contribution in [1.82, 2.24) is 4.90 Å². The van der Waals surface area contributed by atoms with Gasteiger partial charge in [0.05, 0.1) is 23.2 Å². The first kappa shape index (κ1) is 28.7. The Hall–Kier alpha value is -3.31. The zero-order valence-electron chi connectivity index (χ0n) is 23.2. The number of aromatic hydroxyl groups is 1. The number of nitrogens with two attached hydrogens (primary N) is 2. The van der Waals surface area contributed by atoms with E-state index in [9.17, 15) is 34.2 Å². The molecule has 7 atom stereocenters. The number of benzene rings is 1. The molecule has 0 bridgehead atoms. The lowest BCUT2D eigenvalue weighted by Gasteiger charge is -2.52. The minimum atomic E-state index is -2.75. The second-order valence-corrected chi connectivity index (χ2v) is 11.7. The third kappa shape index (κ3) is 3.97. The van der Waals surface area contributed by atoms with E-state index in [-0.39, 0.29) is 36.2 Å². The lowest BCUT2D eigenvalue weighted by Crippen LogP contribution is -2.74. The predicted molar refractivity (Wildman–Crippen MR) is 143 cm³/mol. The molecular formula is C28H38N4O7. The number of likely N-dealkylation sites (N-methyl/N-ethyl adjacent to an activating group) is 1. The van der Waals surface area contributed by atoms with Gasteiger partial charge in [0.2, 0.25) is 5.91 Å². The molecule has 1 amide bonds. The van der Waals surface area contributed by atoms with Crippen molar-refractivity contribution < 1.29 is 34.2 Å². The van der Waals surface area contributed by atoms with E-state index in [4.69, 9.17) is 11.5 Å². The molecule has 0 saturated heterocycles. The molecule has 0 spiro atoms. The van der Waals surface area contributed by atoms with Crippen molar-refractivity contribution in [1.29, 1.82) is 0 Å². The number of ketones is 4. The standard InChI is InChI=1S/C28H38N4O7/c1-7-12(4)32(11(2)3)17-10-16(29)22(33)19-14(17)8-13-9-15-21(31(5)6)24(35)20(27(30)38)26(37)28(15,39)25(36)18(13)23(19)34/h10-13,15,18,20-21,33,39H,7-9,29H2,1-6H3,(H2,30,38)/t12?,13?,15?,18?,20?,21-,28-/m0/s1. The SMILES string of the molecule is CCC(C)N(c1cc(N)c(O)c2c1CC1CC3[C@H](N(C)C)C(=O)C(C(N)=O)C(=O)[C@@]3(O)C(=O)C1C2=O)C(C)C. The highest BCUT2D eigenvalue weighted by molar-refractivity contribution is 6.32. The van der Waals surface area contributed by atoms with Crippen molar-refractivity contribution in [3.05, 3.63) is 17.2 Å². The van der Waals surface area contributed by atoms with E-state index in [1.54, 1.807) is 20.2 Å². The fourth-order valence-electron chi connectivity index (χ4n) is 7.12. The number of anilines is 2. The number of phenolic OH excluding ortho intramolecular Hbond substituents is 1. The molecule has 0 heterocycles. The van der Waals surface area contributed by atoms with Crippen LogP contribution in [-0.4, -0.2) is 82.0 Å². The van der Waals surface area contributed by atoms with Crippen LogP contribution in [0.5, 0.6) is 5.75 Å². The van der Waals surface area contributed by atoms with Crippen molar-refractivity contribution in [3.63, 3.8) is 0 Å². The van der Waals surface area contributed by atoms with E-state index in [2.05, 4.69) is 4.90 Å². The maximum absolute atomic E-state index is 14.0. The second-order valence-electron chi connectivity index (χ2n) is 11.7. The zero-order valence-corrected chi connectivity index (χ0v) is 23.2. The quantitative estimate of drug-likeness (QED) is 0.224. The summed E-state index contributed by atoms with van der Waals surface area (Å²) < 4.78 is 0. The summed E-state index contributed by atoms with van der Waals surface area (Å²) >= 11 is 0. The van der Waals surface area contributed by atoms with Crippen molar-refractivity contribution in [2.45, 2.75) is 70.7 Å². The topological polar surface area (TPSA) is 184 Å². The van der Waals surface area contributed by atoms with Crippen LogP contribution in [-0.2, 0) is 25.6 Å². The first-order chi connectivity index (χ1) is 18.1. The monoisotopic (exact) mass is 542 g/mol. The average molecular weight is 543 g/mol. The van der Waals surface area contributed by atoms with Gasteiger partial charge in [0.15, 0.2) is 34.7 Å². The van der Waals surface area contributed by atoms with Gasteiger partial charge in [0, 0.05) is 23.7 Å². The molecule has 1 aromatic rings. The summed E-state index contributed by atoms with van der Waals surface area (Å²) in [6.07, 6.45) is 0.991. The van der Waals surface area contributed by atoms with Gasteiger partial charge in [-0.2, -0.15) is 0 Å². The van der Waals surface area contributed by atoms with Crippen LogP contribution < -0.4 is 16.4 Å². The molecule has 0 aliphatic heterocycles. The number of rotatable bonds is 6. The van der Waals surface area contributed by atoms with Crippen LogP contribution in [0, 0.1) is 23.7 Å². The van der Waals surface area contributed by atoms with E-state index < -0.39 is 70.1 Å². The second kappa shape index (κ2) is 9.71. The number of nitrogens with zero attached hydrogens (tertiary/aromatic N) is 2. The number of Topliss-reactive ketones (excluding diaryl/α,β-unsaturated/α-hetero) is 4. The van der Waals surface area contributed by atoms with Crippen LogP contribution in [0.15, 0.2) is 6.07 Å². The summed E-state index contributed by atoms with van der Waals surface area (Å²) in [5.41, 5.74) is 9.87. The van der Waals surface area contributed by atoms with E-state index in [0.29, 0.717) is 11.3 Å². The molecule has 11 nitrogen and oxygen atoms in total. The van der Waals surface area contributed by atoms with Crippen molar-refractivity contribution >= 4 is 40.4 Å². The first-order valence-corrected chi connectivity index (χ1v) is 13.4. The molecule has 4 rings (SSSR count). The molecule has 0 radical (unpaired) electrons. The average Bonchev–Trinajstić information content (AvgIpc) is 2.83. The van der Waals surface area contributed by atoms with Gasteiger partial charge in [-0.25, -0.2) is 0 Å². The Morgan fingerprint density at radius 2 is 1.77 bits per heavy atom. The summed E-state index contributed by atoms with van der Waals surface area (Å²) in [5.74, 6) is -10.8. The maximum Gasteiger partial charge on any atom is 0.235 e. The Morgan fingerprint density at radius 3 is 2.28 bits per heavy atom. The van der Waals surface area contributed by atoms with Crippen molar-refractivity contribution in [2.24, 2.45) is 29.4 Å². The lowest BCUT2D eigenvalue weighted by atomic mass is 9.52. The molecule has 39 heavy (non-hydrogen) atoms. The Bertz CT molecular complexity index is 1270. The smallest absolute Gasteiger partial charge is 0.235 e. The lowest BCUT2D eigenvalue weighted by molar-refractivity contribution is -0.181. The molecule has 212 valence electrons. The third-order valence-electron chi connectivity index (χ3n) is 8.97. The van der Waals surface area contributed by atoms with Gasteiger partial charge in [-0.15, -0.1) is 0 Å². The number of carbonyl (C=O) groups is 5. The Balaban J connectivity index is 1.92. The summed E-state index contributed by atoms with van der Waals surface area (Å²) in [7, 11) is 3.11. The fourth-order valence-corrected chi connectivity index (χ4v) is 7.12. The fraction of sp³-hybridized carbons (Fsp3) is 0.607. The number of amides is 1. The summed E-state index contributed by atoms with van der Waals surface area (Å²) in [6.45, 7) is 8.10. The summed E-state index contributed by atoms with van der Waals surface area (Å²) in [4.78, 5) is 70.3. The van der Waals surface area contributed by atoms with Crippen LogP contribution in [0.4, 0.5) is 11.4 Å². The Kier molecular flexibility index (Phi) is 7.14. The third-order valence-corrected chi connectivity index (χ3v) is 8.97. The predicted octanol–water partition coefficient (Wildman–Crippen LogP) is 0.463. The van der Waals surface area contributed by atoms with Crippen molar-refractivity contribution in [3.8, 4) is 5.75 Å². The molecule has 5 unspecified atom stereocenters. The highest BCUT2D eigenvalue weighted by atomic mass is 16.3. The molecule has 6 N–H and O–H groups in total. The number of nitrogen functional groups attached to an aromatic ring is 1. The summed E-state index contributed by atoms with van der Waals surface area (Å²) in [6, 6.07) is 0.596. The normalized spacial score (nSPS) is 31.2. The van der Waals surface area contributed by atoms with E-state index in [1.807, 2.05) is 27.7 Å². The van der Waals surface area contributed by atoms with Crippen LogP contribution in [0.25, 0.3) is 0 Å². The highest BCUT2D eigenvalue weighted by Gasteiger charge is 2.69. The number of carbonyl (C=O) groups excluding carboxylic acids is 5. The number of phenols is 1.